The van der Waals surface area contributed by atoms with Crippen molar-refractivity contribution in [1.29, 1.82) is 0 Å². The number of anilines is 1. The van der Waals surface area contributed by atoms with E-state index in [2.05, 4.69) is 10.6 Å². The van der Waals surface area contributed by atoms with Gasteiger partial charge in [0.15, 0.2) is 5.58 Å². The Bertz CT molecular complexity index is 713. The molecule has 3 rings (SSSR count). The van der Waals surface area contributed by atoms with Gasteiger partial charge in [0.05, 0.1) is 18.7 Å². The van der Waals surface area contributed by atoms with E-state index in [1.54, 1.807) is 25.2 Å². The predicted octanol–water partition coefficient (Wildman–Crippen LogP) is 0.448. The zero-order chi connectivity index (χ0) is 14.8. The lowest BCUT2D eigenvalue weighted by Crippen LogP contribution is -2.43. The van der Waals surface area contributed by atoms with E-state index in [0.29, 0.717) is 36.4 Å². The van der Waals surface area contributed by atoms with Crippen LogP contribution in [0.5, 0.6) is 0 Å². The number of carbonyl (C=O) groups excluding carboxylic acids is 1. The zero-order valence-corrected chi connectivity index (χ0v) is 11.7. The molecule has 1 aliphatic heterocycles. The lowest BCUT2D eigenvalue weighted by Gasteiger charge is -2.23. The van der Waals surface area contributed by atoms with Crippen LogP contribution in [-0.4, -0.2) is 36.3 Å². The third-order valence-electron chi connectivity index (χ3n) is 3.51. The van der Waals surface area contributed by atoms with Gasteiger partial charge in [-0.3, -0.25) is 9.36 Å². The van der Waals surface area contributed by atoms with Crippen LogP contribution in [0.1, 0.15) is 6.42 Å². The minimum Gasteiger partial charge on any atom is -0.408 e. The van der Waals surface area contributed by atoms with Crippen LogP contribution in [0.4, 0.5) is 5.69 Å². The molecular weight excluding hydrogens is 274 g/mol. The molecule has 0 bridgehead atoms. The summed E-state index contributed by atoms with van der Waals surface area (Å²) < 4.78 is 11.8. The fourth-order valence-electron chi connectivity index (χ4n) is 2.40. The highest BCUT2D eigenvalue weighted by atomic mass is 16.5. The summed E-state index contributed by atoms with van der Waals surface area (Å²) in [6.07, 6.45) is 0.344. The molecule has 2 N–H and O–H groups in total. The van der Waals surface area contributed by atoms with Crippen molar-refractivity contribution in [3.05, 3.63) is 28.7 Å². The number of aromatic nitrogens is 1. The SMILES string of the molecule is Cn1c(=O)oc2cc(NC(=O)CC3COCCN3)ccc21. The van der Waals surface area contributed by atoms with Crippen LogP contribution in [0, 0.1) is 0 Å². The van der Waals surface area contributed by atoms with Crippen molar-refractivity contribution >= 4 is 22.7 Å². The van der Waals surface area contributed by atoms with Crippen LogP contribution in [0.2, 0.25) is 0 Å². The Hall–Kier alpha value is -2.12. The topological polar surface area (TPSA) is 85.5 Å². The molecule has 1 aliphatic rings. The summed E-state index contributed by atoms with van der Waals surface area (Å²) >= 11 is 0. The largest absolute Gasteiger partial charge is 0.419 e. The summed E-state index contributed by atoms with van der Waals surface area (Å²) in [5.41, 5.74) is 1.76. The quantitative estimate of drug-likeness (QED) is 0.857. The fraction of sp³-hybridized carbons (Fsp3) is 0.429. The molecule has 1 aromatic heterocycles. The smallest absolute Gasteiger partial charge is 0.408 e. The first-order chi connectivity index (χ1) is 10.1. The van der Waals surface area contributed by atoms with Crippen molar-refractivity contribution in [1.82, 2.24) is 9.88 Å². The second kappa shape index (κ2) is 5.71. The molecule has 1 fully saturated rings. The number of nitrogens with zero attached hydrogens (tertiary/aromatic N) is 1. The summed E-state index contributed by atoms with van der Waals surface area (Å²) in [4.78, 5) is 23.4. The van der Waals surface area contributed by atoms with Gasteiger partial charge in [0.2, 0.25) is 5.91 Å². The molecule has 21 heavy (non-hydrogen) atoms. The first-order valence-electron chi connectivity index (χ1n) is 6.84. The van der Waals surface area contributed by atoms with Crippen molar-refractivity contribution in [2.24, 2.45) is 7.05 Å². The van der Waals surface area contributed by atoms with Crippen LogP contribution in [0.15, 0.2) is 27.4 Å². The van der Waals surface area contributed by atoms with E-state index in [1.165, 1.54) is 4.57 Å². The van der Waals surface area contributed by atoms with Crippen LogP contribution < -0.4 is 16.4 Å². The van der Waals surface area contributed by atoms with E-state index in [1.807, 2.05) is 0 Å². The minimum absolute atomic E-state index is 0.0390. The molecule has 2 aromatic rings. The minimum atomic E-state index is -0.419. The number of aryl methyl sites for hydroxylation is 1. The monoisotopic (exact) mass is 291 g/mol. The molecule has 1 saturated heterocycles. The Balaban J connectivity index is 1.69. The summed E-state index contributed by atoms with van der Waals surface area (Å²) in [7, 11) is 1.64. The van der Waals surface area contributed by atoms with E-state index in [9.17, 15) is 9.59 Å². The normalized spacial score (nSPS) is 18.8. The Morgan fingerprint density at radius 1 is 1.52 bits per heavy atom. The molecule has 1 atom stereocenters. The number of amides is 1. The molecule has 7 heteroatoms. The van der Waals surface area contributed by atoms with Gasteiger partial charge in [0.25, 0.3) is 0 Å². The molecule has 1 aromatic carbocycles. The Labute approximate surface area is 120 Å². The number of hydrogen-bond donors (Lipinski definition) is 2. The fourth-order valence-corrected chi connectivity index (χ4v) is 2.40. The average Bonchev–Trinajstić information content (AvgIpc) is 2.74. The van der Waals surface area contributed by atoms with Gasteiger partial charge in [-0.1, -0.05) is 0 Å². The number of fused-ring (bicyclic) bond motifs is 1. The lowest BCUT2D eigenvalue weighted by molar-refractivity contribution is -0.117. The number of hydrogen-bond acceptors (Lipinski definition) is 5. The predicted molar refractivity (Wildman–Crippen MR) is 77.3 cm³/mol. The van der Waals surface area contributed by atoms with E-state index in [-0.39, 0.29) is 11.9 Å². The van der Waals surface area contributed by atoms with Crippen molar-refractivity contribution in [3.8, 4) is 0 Å². The third-order valence-corrected chi connectivity index (χ3v) is 3.51. The van der Waals surface area contributed by atoms with Crippen molar-refractivity contribution in [2.75, 3.05) is 25.1 Å². The van der Waals surface area contributed by atoms with Gasteiger partial charge in [-0.2, -0.15) is 0 Å². The summed E-state index contributed by atoms with van der Waals surface area (Å²) in [5.74, 6) is -0.521. The highest BCUT2D eigenvalue weighted by Gasteiger charge is 2.17. The van der Waals surface area contributed by atoms with E-state index in [0.717, 1.165) is 6.54 Å². The number of morpholine rings is 1. The van der Waals surface area contributed by atoms with Gasteiger partial charge >= 0.3 is 5.76 Å². The van der Waals surface area contributed by atoms with Gasteiger partial charge in [-0.25, -0.2) is 4.79 Å². The number of rotatable bonds is 3. The maximum absolute atomic E-state index is 12.0. The molecular formula is C14H17N3O4. The van der Waals surface area contributed by atoms with E-state index < -0.39 is 5.76 Å². The molecule has 112 valence electrons. The molecule has 0 saturated carbocycles. The number of oxazole rings is 1. The number of nitrogens with one attached hydrogen (secondary N) is 2. The number of ether oxygens (including phenoxy) is 1. The Morgan fingerprint density at radius 3 is 3.14 bits per heavy atom. The maximum Gasteiger partial charge on any atom is 0.419 e. The highest BCUT2D eigenvalue weighted by molar-refractivity contribution is 5.93. The van der Waals surface area contributed by atoms with Gasteiger partial charge in [-0.05, 0) is 12.1 Å². The first-order valence-corrected chi connectivity index (χ1v) is 6.84. The Kier molecular flexibility index (Phi) is 3.76. The van der Waals surface area contributed by atoms with Gasteiger partial charge in [-0.15, -0.1) is 0 Å². The molecule has 1 unspecified atom stereocenters. The molecule has 0 spiro atoms. The molecule has 0 aliphatic carbocycles. The highest BCUT2D eigenvalue weighted by Crippen LogP contribution is 2.18. The van der Waals surface area contributed by atoms with Gasteiger partial charge in [0, 0.05) is 37.8 Å². The maximum atomic E-state index is 12.0. The summed E-state index contributed by atoms with van der Waals surface area (Å²) in [6.45, 7) is 1.99. The molecule has 2 heterocycles. The van der Waals surface area contributed by atoms with E-state index in [4.69, 9.17) is 9.15 Å². The number of carbonyl (C=O) groups is 1. The molecule has 1 amide bonds. The van der Waals surface area contributed by atoms with Crippen molar-refractivity contribution in [2.45, 2.75) is 12.5 Å². The van der Waals surface area contributed by atoms with Crippen molar-refractivity contribution in [3.63, 3.8) is 0 Å². The third kappa shape index (κ3) is 2.98. The van der Waals surface area contributed by atoms with Crippen LogP contribution >= 0.6 is 0 Å². The first kappa shape index (κ1) is 13.8. The van der Waals surface area contributed by atoms with Crippen molar-refractivity contribution < 1.29 is 13.9 Å². The van der Waals surface area contributed by atoms with Gasteiger partial charge in [0.1, 0.15) is 0 Å². The second-order valence-corrected chi connectivity index (χ2v) is 5.09. The zero-order valence-electron chi connectivity index (χ0n) is 11.7. The van der Waals surface area contributed by atoms with Crippen LogP contribution in [0.3, 0.4) is 0 Å². The standard InChI is InChI=1S/C14H17N3O4/c1-17-11-3-2-9(6-12(11)21-14(17)19)16-13(18)7-10-8-20-5-4-15-10/h2-3,6,10,15H,4-5,7-8H2,1H3,(H,16,18). The van der Waals surface area contributed by atoms with Crippen LogP contribution in [0.25, 0.3) is 11.1 Å². The van der Waals surface area contributed by atoms with Crippen LogP contribution in [-0.2, 0) is 16.6 Å². The van der Waals surface area contributed by atoms with E-state index >= 15 is 0 Å². The molecule has 0 radical (unpaired) electrons. The average molecular weight is 291 g/mol. The molecule has 7 nitrogen and oxygen atoms in total. The summed E-state index contributed by atoms with van der Waals surface area (Å²) in [5, 5.41) is 6.03. The lowest BCUT2D eigenvalue weighted by atomic mass is 10.2. The van der Waals surface area contributed by atoms with Gasteiger partial charge < -0.3 is 19.8 Å². The number of benzene rings is 1. The second-order valence-electron chi connectivity index (χ2n) is 5.09. The summed E-state index contributed by atoms with van der Waals surface area (Å²) in [6, 6.07) is 5.19. The Morgan fingerprint density at radius 2 is 2.38 bits per heavy atom.